The summed E-state index contributed by atoms with van der Waals surface area (Å²) in [6, 6.07) is 17.8. The van der Waals surface area contributed by atoms with Gasteiger partial charge in [0.15, 0.2) is 5.78 Å². The summed E-state index contributed by atoms with van der Waals surface area (Å²) in [6.45, 7) is 7.07. The number of rotatable bonds is 6. The summed E-state index contributed by atoms with van der Waals surface area (Å²) in [4.78, 5) is 15.0. The molecular weight excluding hydrogens is 258 g/mol. The standard InChI is InChI=1S/C19H23NO/c1-4-18(19(21)16-11-7-6-8-12-16)20(5-2)17-13-9-10-15(3)14-17/h6-14,18H,4-5H2,1-3H3. The Bertz CT molecular complexity index is 592. The summed E-state index contributed by atoms with van der Waals surface area (Å²) in [5, 5.41) is 0. The second-order valence-electron chi connectivity index (χ2n) is 5.28. The van der Waals surface area contributed by atoms with E-state index in [1.54, 1.807) is 0 Å². The Morgan fingerprint density at radius 1 is 1.05 bits per heavy atom. The monoisotopic (exact) mass is 281 g/mol. The number of Topliss-reactive ketones (excluding diaryl/α,β-unsaturated/α-hetero) is 1. The number of carbonyl (C=O) groups excluding carboxylic acids is 1. The van der Waals surface area contributed by atoms with Gasteiger partial charge < -0.3 is 4.90 Å². The molecular formula is C19H23NO. The van der Waals surface area contributed by atoms with Crippen molar-refractivity contribution in [1.82, 2.24) is 0 Å². The molecule has 21 heavy (non-hydrogen) atoms. The maximum Gasteiger partial charge on any atom is 0.185 e. The van der Waals surface area contributed by atoms with Crippen LogP contribution in [0.25, 0.3) is 0 Å². The lowest BCUT2D eigenvalue weighted by molar-refractivity contribution is 0.0955. The van der Waals surface area contributed by atoms with E-state index in [-0.39, 0.29) is 11.8 Å². The number of hydrogen-bond donors (Lipinski definition) is 0. The van der Waals surface area contributed by atoms with Crippen molar-refractivity contribution < 1.29 is 4.79 Å². The van der Waals surface area contributed by atoms with Gasteiger partial charge in [0.25, 0.3) is 0 Å². The molecule has 2 rings (SSSR count). The average Bonchev–Trinajstić information content (AvgIpc) is 2.52. The number of nitrogens with zero attached hydrogens (tertiary/aromatic N) is 1. The van der Waals surface area contributed by atoms with Gasteiger partial charge in [0.1, 0.15) is 0 Å². The quantitative estimate of drug-likeness (QED) is 0.727. The van der Waals surface area contributed by atoms with Gasteiger partial charge in [-0.05, 0) is 38.0 Å². The molecule has 2 aromatic carbocycles. The molecule has 0 amide bonds. The molecule has 1 atom stereocenters. The number of ketones is 1. The third-order valence-electron chi connectivity index (χ3n) is 3.80. The molecule has 0 aliphatic carbocycles. The van der Waals surface area contributed by atoms with E-state index in [4.69, 9.17) is 0 Å². The fraction of sp³-hybridized carbons (Fsp3) is 0.316. The summed E-state index contributed by atoms with van der Waals surface area (Å²) in [5.74, 6) is 0.196. The van der Waals surface area contributed by atoms with E-state index >= 15 is 0 Å². The summed E-state index contributed by atoms with van der Waals surface area (Å²) < 4.78 is 0. The third-order valence-corrected chi connectivity index (χ3v) is 3.80. The first-order chi connectivity index (χ1) is 10.2. The fourth-order valence-corrected chi connectivity index (χ4v) is 2.73. The minimum atomic E-state index is -0.112. The molecule has 0 saturated carbocycles. The number of anilines is 1. The molecule has 0 N–H and O–H groups in total. The Hall–Kier alpha value is -2.09. The van der Waals surface area contributed by atoms with E-state index in [2.05, 4.69) is 43.9 Å². The van der Waals surface area contributed by atoms with Crippen LogP contribution in [-0.2, 0) is 0 Å². The van der Waals surface area contributed by atoms with Gasteiger partial charge in [0.05, 0.1) is 6.04 Å². The zero-order valence-electron chi connectivity index (χ0n) is 13.0. The topological polar surface area (TPSA) is 20.3 Å². The lowest BCUT2D eigenvalue weighted by atomic mass is 10.00. The molecule has 0 heterocycles. The first-order valence-electron chi connectivity index (χ1n) is 7.60. The number of aryl methyl sites for hydroxylation is 1. The highest BCUT2D eigenvalue weighted by molar-refractivity contribution is 6.01. The largest absolute Gasteiger partial charge is 0.361 e. The van der Waals surface area contributed by atoms with Gasteiger partial charge in [0.2, 0.25) is 0 Å². The van der Waals surface area contributed by atoms with E-state index in [1.807, 2.05) is 36.4 Å². The van der Waals surface area contributed by atoms with Gasteiger partial charge in [-0.15, -0.1) is 0 Å². The Labute approximate surface area is 127 Å². The van der Waals surface area contributed by atoms with Gasteiger partial charge in [0, 0.05) is 17.8 Å². The molecule has 0 fully saturated rings. The van der Waals surface area contributed by atoms with Gasteiger partial charge in [-0.1, -0.05) is 49.4 Å². The minimum absolute atomic E-state index is 0.112. The smallest absolute Gasteiger partial charge is 0.185 e. The van der Waals surface area contributed by atoms with Crippen molar-refractivity contribution in [1.29, 1.82) is 0 Å². The van der Waals surface area contributed by atoms with Crippen molar-refractivity contribution in [2.75, 3.05) is 11.4 Å². The number of hydrogen-bond acceptors (Lipinski definition) is 2. The second kappa shape index (κ2) is 7.07. The lowest BCUT2D eigenvalue weighted by Gasteiger charge is -2.31. The van der Waals surface area contributed by atoms with Crippen molar-refractivity contribution in [2.24, 2.45) is 0 Å². The Kier molecular flexibility index (Phi) is 5.15. The normalized spacial score (nSPS) is 12.0. The predicted octanol–water partition coefficient (Wildman–Crippen LogP) is 4.48. The van der Waals surface area contributed by atoms with Crippen LogP contribution in [0.15, 0.2) is 54.6 Å². The van der Waals surface area contributed by atoms with E-state index in [0.29, 0.717) is 0 Å². The van der Waals surface area contributed by atoms with Crippen LogP contribution in [0.4, 0.5) is 5.69 Å². The molecule has 0 aliphatic heterocycles. The third kappa shape index (κ3) is 3.52. The maximum absolute atomic E-state index is 12.8. The molecule has 0 saturated heterocycles. The van der Waals surface area contributed by atoms with E-state index in [9.17, 15) is 4.79 Å². The number of benzene rings is 2. The van der Waals surface area contributed by atoms with Crippen LogP contribution >= 0.6 is 0 Å². The average molecular weight is 281 g/mol. The van der Waals surface area contributed by atoms with Crippen LogP contribution in [-0.4, -0.2) is 18.4 Å². The fourth-order valence-electron chi connectivity index (χ4n) is 2.73. The van der Waals surface area contributed by atoms with Crippen molar-refractivity contribution in [3.05, 3.63) is 65.7 Å². The van der Waals surface area contributed by atoms with Gasteiger partial charge in [-0.3, -0.25) is 4.79 Å². The highest BCUT2D eigenvalue weighted by Gasteiger charge is 2.24. The predicted molar refractivity (Wildman–Crippen MR) is 89.1 cm³/mol. The number of carbonyl (C=O) groups is 1. The van der Waals surface area contributed by atoms with Crippen LogP contribution in [0.5, 0.6) is 0 Å². The summed E-state index contributed by atoms with van der Waals surface area (Å²) in [5.41, 5.74) is 3.12. The lowest BCUT2D eigenvalue weighted by Crippen LogP contribution is -2.41. The Balaban J connectivity index is 2.32. The van der Waals surface area contributed by atoms with Crippen molar-refractivity contribution in [3.8, 4) is 0 Å². The Morgan fingerprint density at radius 2 is 1.76 bits per heavy atom. The zero-order chi connectivity index (χ0) is 15.2. The van der Waals surface area contributed by atoms with Crippen molar-refractivity contribution in [3.63, 3.8) is 0 Å². The van der Waals surface area contributed by atoms with Crippen LogP contribution in [0.3, 0.4) is 0 Å². The van der Waals surface area contributed by atoms with Gasteiger partial charge >= 0.3 is 0 Å². The summed E-state index contributed by atoms with van der Waals surface area (Å²) >= 11 is 0. The number of likely N-dealkylation sites (N-methyl/N-ethyl adjacent to an activating group) is 1. The van der Waals surface area contributed by atoms with E-state index in [1.165, 1.54) is 5.56 Å². The molecule has 2 nitrogen and oxygen atoms in total. The van der Waals surface area contributed by atoms with Gasteiger partial charge in [-0.2, -0.15) is 0 Å². The first-order valence-corrected chi connectivity index (χ1v) is 7.60. The maximum atomic E-state index is 12.8. The molecule has 0 aromatic heterocycles. The van der Waals surface area contributed by atoms with Crippen LogP contribution < -0.4 is 4.90 Å². The molecule has 1 unspecified atom stereocenters. The van der Waals surface area contributed by atoms with Crippen molar-refractivity contribution in [2.45, 2.75) is 33.2 Å². The Morgan fingerprint density at radius 3 is 2.33 bits per heavy atom. The second-order valence-corrected chi connectivity index (χ2v) is 5.28. The molecule has 110 valence electrons. The van der Waals surface area contributed by atoms with E-state index in [0.717, 1.165) is 24.2 Å². The summed E-state index contributed by atoms with van der Waals surface area (Å²) in [7, 11) is 0. The molecule has 0 radical (unpaired) electrons. The summed E-state index contributed by atoms with van der Waals surface area (Å²) in [6.07, 6.45) is 0.801. The highest BCUT2D eigenvalue weighted by Crippen LogP contribution is 2.22. The molecule has 0 bridgehead atoms. The molecule has 2 heteroatoms. The van der Waals surface area contributed by atoms with Gasteiger partial charge in [-0.25, -0.2) is 0 Å². The molecule has 2 aromatic rings. The molecule has 0 spiro atoms. The molecule has 0 aliphatic rings. The van der Waals surface area contributed by atoms with Crippen LogP contribution in [0, 0.1) is 6.92 Å². The van der Waals surface area contributed by atoms with E-state index < -0.39 is 0 Å². The minimum Gasteiger partial charge on any atom is -0.361 e. The SMILES string of the molecule is CCC(C(=O)c1ccccc1)N(CC)c1cccc(C)c1. The van der Waals surface area contributed by atoms with Crippen molar-refractivity contribution >= 4 is 11.5 Å². The first kappa shape index (κ1) is 15.3. The highest BCUT2D eigenvalue weighted by atomic mass is 16.1. The van der Waals surface area contributed by atoms with Crippen LogP contribution in [0.1, 0.15) is 36.2 Å². The van der Waals surface area contributed by atoms with Crippen LogP contribution in [0.2, 0.25) is 0 Å². The zero-order valence-corrected chi connectivity index (χ0v) is 13.0.